The Morgan fingerprint density at radius 2 is 1.54 bits per heavy atom. The molecule has 1 heterocycles. The zero-order valence-electron chi connectivity index (χ0n) is 15.6. The first-order valence-electron chi connectivity index (χ1n) is 9.13. The van der Waals surface area contributed by atoms with Gasteiger partial charge in [-0.3, -0.25) is 4.79 Å². The van der Waals surface area contributed by atoms with Crippen molar-refractivity contribution in [3.8, 4) is 0 Å². The number of carbonyl (C=O) groups excluding carboxylic acids is 1. The summed E-state index contributed by atoms with van der Waals surface area (Å²) < 4.78 is 0. The van der Waals surface area contributed by atoms with Crippen LogP contribution in [0.25, 0.3) is 0 Å². The smallest absolute Gasteiger partial charge is 0.309 e. The Morgan fingerprint density at radius 3 is 2.14 bits per heavy atom. The molecule has 0 fully saturated rings. The predicted octanol–water partition coefficient (Wildman–Crippen LogP) is 5.87. The average Bonchev–Trinajstić information content (AvgIpc) is 3.46. The van der Waals surface area contributed by atoms with Gasteiger partial charge in [0, 0.05) is 17.3 Å². The van der Waals surface area contributed by atoms with Crippen molar-refractivity contribution in [3.05, 3.63) is 125 Å². The van der Waals surface area contributed by atoms with Crippen LogP contribution in [0.2, 0.25) is 0 Å². The van der Waals surface area contributed by atoms with Crippen molar-refractivity contribution in [1.82, 2.24) is 0 Å². The second kappa shape index (κ2) is 8.88. The summed E-state index contributed by atoms with van der Waals surface area (Å²) >= 11 is 0. The molecule has 0 aliphatic carbocycles. The number of benzene rings is 2. The number of hydrogen-bond donors (Lipinski definition) is 0. The number of amides is 1. The van der Waals surface area contributed by atoms with Crippen molar-refractivity contribution >= 4 is 11.6 Å². The number of carbonyl (C=O) groups is 1. The molecule has 0 saturated carbocycles. The van der Waals surface area contributed by atoms with E-state index in [1.165, 1.54) is 5.56 Å². The van der Waals surface area contributed by atoms with Gasteiger partial charge in [-0.15, -0.1) is 0 Å². The zero-order valence-corrected chi connectivity index (χ0v) is 16.7. The first kappa shape index (κ1) is 19.9. The minimum Gasteiger partial charge on any atom is -0.309 e. The number of rotatable bonds is 2. The summed E-state index contributed by atoms with van der Waals surface area (Å²) in [6.07, 6.45) is 0. The van der Waals surface area contributed by atoms with E-state index in [2.05, 4.69) is 25.1 Å². The maximum Gasteiger partial charge on any atom is 2.00 e. The predicted molar refractivity (Wildman–Crippen MR) is 110 cm³/mol. The number of anilines is 1. The molecule has 28 heavy (non-hydrogen) atoms. The molecule has 3 heteroatoms. The second-order valence-corrected chi connectivity index (χ2v) is 6.68. The van der Waals surface area contributed by atoms with Crippen LogP contribution in [0.15, 0.2) is 103 Å². The van der Waals surface area contributed by atoms with Gasteiger partial charge in [0.2, 0.25) is 0 Å². The topological polar surface area (TPSA) is 20.3 Å². The van der Waals surface area contributed by atoms with E-state index < -0.39 is 0 Å². The van der Waals surface area contributed by atoms with E-state index in [1.54, 1.807) is 0 Å². The third kappa shape index (κ3) is 3.87. The summed E-state index contributed by atoms with van der Waals surface area (Å²) in [4.78, 5) is 14.8. The van der Waals surface area contributed by atoms with Crippen molar-refractivity contribution in [1.29, 1.82) is 0 Å². The first-order valence-corrected chi connectivity index (χ1v) is 9.13. The maximum absolute atomic E-state index is 12.9. The molecule has 0 saturated heterocycles. The molecule has 1 aliphatic heterocycles. The Morgan fingerprint density at radius 1 is 0.821 bits per heavy atom. The van der Waals surface area contributed by atoms with Gasteiger partial charge in [-0.05, 0) is 30.7 Å². The molecule has 0 aromatic heterocycles. The largest absolute Gasteiger partial charge is 2.00 e. The van der Waals surface area contributed by atoms with Crippen LogP contribution in [0.5, 0.6) is 0 Å². The molecular weight excluding hydrogens is 386 g/mol. The maximum atomic E-state index is 12.9. The number of hydrogen-bond acceptors (Lipinski definition) is 1. The van der Waals surface area contributed by atoms with E-state index in [0.29, 0.717) is 0 Å². The standard InChI is InChI=1S/C20H16NO.C5H5.Fe/c1-14-10-12-16(13-11-14)21-19(15-6-2-3-7-15)17-8-4-5-9-18(17)20(21)22;1-2-4-5-3-1;/h2-13,19H,1H3;1-5H;/q2*-1;+2. The SMILES string of the molecule is Cc1ccc(N2C(=O)c3ccccc3C2c2cc[cH-]c2)cc1.[Fe+2].c1cc[cH-]c1. The number of fused-ring (bicyclic) bond motifs is 1. The van der Waals surface area contributed by atoms with Gasteiger partial charge in [-0.2, -0.15) is 42.0 Å². The Balaban J connectivity index is 0.000000329. The van der Waals surface area contributed by atoms with Gasteiger partial charge in [0.05, 0.1) is 0 Å². The third-order valence-electron chi connectivity index (χ3n) is 4.83. The van der Waals surface area contributed by atoms with E-state index in [0.717, 1.165) is 22.4 Å². The molecule has 4 aromatic rings. The van der Waals surface area contributed by atoms with Crippen LogP contribution >= 0.6 is 0 Å². The van der Waals surface area contributed by atoms with Crippen LogP contribution in [0.1, 0.15) is 33.1 Å². The Bertz CT molecular complexity index is 984. The Labute approximate surface area is 176 Å². The van der Waals surface area contributed by atoms with Crippen molar-refractivity contribution < 1.29 is 21.9 Å². The summed E-state index contributed by atoms with van der Waals surface area (Å²) in [5, 5.41) is 0. The molecular formula is C25H21FeNO. The molecule has 0 radical (unpaired) electrons. The minimum absolute atomic E-state index is 0. The Hall–Kier alpha value is -2.87. The normalized spacial score (nSPS) is 14.7. The molecule has 140 valence electrons. The van der Waals surface area contributed by atoms with E-state index in [4.69, 9.17) is 0 Å². The van der Waals surface area contributed by atoms with Crippen LogP contribution in [-0.4, -0.2) is 5.91 Å². The van der Waals surface area contributed by atoms with E-state index in [9.17, 15) is 4.79 Å². The average molecular weight is 407 g/mol. The number of nitrogens with zero attached hydrogens (tertiary/aromatic N) is 1. The van der Waals surface area contributed by atoms with Gasteiger partial charge in [0.25, 0.3) is 5.91 Å². The van der Waals surface area contributed by atoms with Gasteiger partial charge in [0.15, 0.2) is 0 Å². The molecule has 0 N–H and O–H groups in total. The Kier molecular flexibility index (Phi) is 6.30. The summed E-state index contributed by atoms with van der Waals surface area (Å²) in [5.41, 5.74) is 5.17. The molecule has 1 unspecified atom stereocenters. The molecule has 0 spiro atoms. The van der Waals surface area contributed by atoms with Crippen LogP contribution in [0.4, 0.5) is 5.69 Å². The number of aryl methyl sites for hydroxylation is 1. The van der Waals surface area contributed by atoms with Gasteiger partial charge in [-0.25, -0.2) is 18.2 Å². The summed E-state index contributed by atoms with van der Waals surface area (Å²) in [7, 11) is 0. The third-order valence-corrected chi connectivity index (χ3v) is 4.83. The molecule has 5 rings (SSSR count). The fraction of sp³-hybridized carbons (Fsp3) is 0.0800. The summed E-state index contributed by atoms with van der Waals surface area (Å²) in [6, 6.07) is 34.2. The summed E-state index contributed by atoms with van der Waals surface area (Å²) in [6.45, 7) is 2.05. The first-order chi connectivity index (χ1) is 13.3. The van der Waals surface area contributed by atoms with E-state index in [-0.39, 0.29) is 29.0 Å². The van der Waals surface area contributed by atoms with Gasteiger partial charge < -0.3 is 4.90 Å². The zero-order chi connectivity index (χ0) is 18.6. The van der Waals surface area contributed by atoms with Gasteiger partial charge in [-0.1, -0.05) is 35.9 Å². The summed E-state index contributed by atoms with van der Waals surface area (Å²) in [5.74, 6) is 0.0747. The monoisotopic (exact) mass is 407 g/mol. The van der Waals surface area contributed by atoms with Gasteiger partial charge >= 0.3 is 17.1 Å². The van der Waals surface area contributed by atoms with Crippen molar-refractivity contribution in [3.63, 3.8) is 0 Å². The van der Waals surface area contributed by atoms with Crippen molar-refractivity contribution in [2.75, 3.05) is 4.90 Å². The fourth-order valence-corrected chi connectivity index (χ4v) is 3.51. The van der Waals surface area contributed by atoms with E-state index >= 15 is 0 Å². The van der Waals surface area contributed by atoms with Crippen LogP contribution in [0, 0.1) is 6.92 Å². The molecule has 1 aliphatic rings. The second-order valence-electron chi connectivity index (χ2n) is 6.68. The molecule has 1 amide bonds. The minimum atomic E-state index is -0.0404. The fourth-order valence-electron chi connectivity index (χ4n) is 3.51. The molecule has 2 nitrogen and oxygen atoms in total. The van der Waals surface area contributed by atoms with Crippen LogP contribution in [0.3, 0.4) is 0 Å². The van der Waals surface area contributed by atoms with Crippen LogP contribution < -0.4 is 4.90 Å². The van der Waals surface area contributed by atoms with Crippen molar-refractivity contribution in [2.24, 2.45) is 0 Å². The molecule has 1 atom stereocenters. The van der Waals surface area contributed by atoms with E-state index in [1.807, 2.05) is 89.8 Å². The van der Waals surface area contributed by atoms with Crippen molar-refractivity contribution in [2.45, 2.75) is 13.0 Å². The van der Waals surface area contributed by atoms with Gasteiger partial charge in [0.1, 0.15) is 0 Å². The molecule has 4 aromatic carbocycles. The molecule has 0 bridgehead atoms. The quantitative estimate of drug-likeness (QED) is 0.301. The van der Waals surface area contributed by atoms with Crippen LogP contribution in [-0.2, 0) is 17.1 Å².